The fraction of sp³-hybridized carbons (Fsp3) is 0.400. The van der Waals surface area contributed by atoms with Gasteiger partial charge in [-0.15, -0.1) is 0 Å². The Kier molecular flexibility index (Phi) is 2.65. The Hall–Kier alpha value is -1.10. The van der Waals surface area contributed by atoms with Gasteiger partial charge in [0.05, 0.1) is 5.69 Å². The number of H-pyrrole nitrogens is 1. The van der Waals surface area contributed by atoms with Crippen LogP contribution in [0.4, 0.5) is 0 Å². The molecule has 0 aliphatic carbocycles. The molecule has 80 valence electrons. The molecule has 2 aromatic rings. The van der Waals surface area contributed by atoms with Crippen LogP contribution >= 0.6 is 15.9 Å². The minimum absolute atomic E-state index is 0.370. The third-order valence-electron chi connectivity index (χ3n) is 2.25. The summed E-state index contributed by atoms with van der Waals surface area (Å²) in [7, 11) is 1.98. The summed E-state index contributed by atoms with van der Waals surface area (Å²) in [6.07, 6.45) is 1.99. The lowest BCUT2D eigenvalue weighted by Gasteiger charge is -1.97. The van der Waals surface area contributed by atoms with Gasteiger partial charge in [-0.25, -0.2) is 4.98 Å². The smallest absolute Gasteiger partial charge is 0.197 e. The van der Waals surface area contributed by atoms with Crippen LogP contribution in [0.3, 0.4) is 0 Å². The summed E-state index contributed by atoms with van der Waals surface area (Å²) in [6, 6.07) is 2.01. The molecule has 0 saturated carbocycles. The number of nitrogens with one attached hydrogen (secondary N) is 1. The Balaban J connectivity index is 2.41. The Morgan fingerprint density at radius 2 is 2.20 bits per heavy atom. The van der Waals surface area contributed by atoms with E-state index >= 15 is 0 Å². The standard InChI is InChI=1S/C10H13BrN4/c1-6(2)9-12-10(14-13-9)8-4-7(11)5-15(8)3/h4-6H,1-3H3,(H,12,13,14). The van der Waals surface area contributed by atoms with E-state index < -0.39 is 0 Å². The third kappa shape index (κ3) is 1.97. The molecule has 1 N–H and O–H groups in total. The van der Waals surface area contributed by atoms with Crippen LogP contribution in [0, 0.1) is 0 Å². The van der Waals surface area contributed by atoms with Crippen molar-refractivity contribution in [3.8, 4) is 11.5 Å². The zero-order valence-corrected chi connectivity index (χ0v) is 10.5. The van der Waals surface area contributed by atoms with Crippen LogP contribution in [0.25, 0.3) is 11.5 Å². The van der Waals surface area contributed by atoms with E-state index in [-0.39, 0.29) is 0 Å². The van der Waals surface area contributed by atoms with E-state index in [0.29, 0.717) is 5.92 Å². The zero-order chi connectivity index (χ0) is 11.0. The highest BCUT2D eigenvalue weighted by molar-refractivity contribution is 9.10. The lowest BCUT2D eigenvalue weighted by Crippen LogP contribution is -1.92. The third-order valence-corrected chi connectivity index (χ3v) is 2.68. The van der Waals surface area contributed by atoms with Gasteiger partial charge in [0, 0.05) is 23.6 Å². The lowest BCUT2D eigenvalue weighted by atomic mass is 10.2. The van der Waals surface area contributed by atoms with Crippen molar-refractivity contribution in [1.29, 1.82) is 0 Å². The Labute approximate surface area is 96.9 Å². The maximum absolute atomic E-state index is 4.45. The van der Waals surface area contributed by atoms with E-state index in [2.05, 4.69) is 45.0 Å². The van der Waals surface area contributed by atoms with Crippen molar-refractivity contribution < 1.29 is 0 Å². The summed E-state index contributed by atoms with van der Waals surface area (Å²) >= 11 is 3.43. The van der Waals surface area contributed by atoms with Gasteiger partial charge < -0.3 is 4.57 Å². The maximum atomic E-state index is 4.45. The first kappa shape index (κ1) is 10.4. The van der Waals surface area contributed by atoms with Gasteiger partial charge in [-0.1, -0.05) is 13.8 Å². The number of halogens is 1. The van der Waals surface area contributed by atoms with Gasteiger partial charge in [-0.3, -0.25) is 5.10 Å². The van der Waals surface area contributed by atoms with E-state index in [1.54, 1.807) is 0 Å². The normalized spacial score (nSPS) is 11.3. The predicted molar refractivity (Wildman–Crippen MR) is 62.6 cm³/mol. The van der Waals surface area contributed by atoms with Crippen molar-refractivity contribution in [1.82, 2.24) is 19.7 Å². The molecule has 0 amide bonds. The number of aromatic amines is 1. The van der Waals surface area contributed by atoms with Crippen molar-refractivity contribution >= 4 is 15.9 Å². The van der Waals surface area contributed by atoms with Crippen LogP contribution in [0.5, 0.6) is 0 Å². The van der Waals surface area contributed by atoms with Crippen LogP contribution in [-0.2, 0) is 7.05 Å². The average Bonchev–Trinajstić information content (AvgIpc) is 2.71. The molecule has 0 bridgehead atoms. The molecule has 0 unspecified atom stereocenters. The Morgan fingerprint density at radius 1 is 1.47 bits per heavy atom. The first-order chi connectivity index (χ1) is 7.08. The van der Waals surface area contributed by atoms with E-state index in [9.17, 15) is 0 Å². The SMILES string of the molecule is CC(C)c1nc(-c2cc(Br)cn2C)n[nH]1. The second-order valence-electron chi connectivity index (χ2n) is 3.85. The fourth-order valence-electron chi connectivity index (χ4n) is 1.39. The van der Waals surface area contributed by atoms with Gasteiger partial charge >= 0.3 is 0 Å². The van der Waals surface area contributed by atoms with Gasteiger partial charge in [0.25, 0.3) is 0 Å². The molecule has 0 spiro atoms. The highest BCUT2D eigenvalue weighted by atomic mass is 79.9. The van der Waals surface area contributed by atoms with Gasteiger partial charge in [0.15, 0.2) is 5.82 Å². The maximum Gasteiger partial charge on any atom is 0.197 e. The molecular formula is C10H13BrN4. The average molecular weight is 269 g/mol. The van der Waals surface area contributed by atoms with Gasteiger partial charge in [0.1, 0.15) is 5.82 Å². The van der Waals surface area contributed by atoms with Gasteiger partial charge in [-0.2, -0.15) is 5.10 Å². The molecule has 2 heterocycles. The van der Waals surface area contributed by atoms with Gasteiger partial charge in [0.2, 0.25) is 0 Å². The molecule has 2 aromatic heterocycles. The Bertz CT molecular complexity index is 469. The first-order valence-corrected chi connectivity index (χ1v) is 5.61. The quantitative estimate of drug-likeness (QED) is 0.911. The summed E-state index contributed by atoms with van der Waals surface area (Å²) < 4.78 is 3.04. The monoisotopic (exact) mass is 268 g/mol. The summed E-state index contributed by atoms with van der Waals surface area (Å²) in [6.45, 7) is 4.18. The fourth-order valence-corrected chi connectivity index (χ4v) is 1.92. The van der Waals surface area contributed by atoms with Crippen molar-refractivity contribution in [3.05, 3.63) is 22.6 Å². The van der Waals surface area contributed by atoms with Gasteiger partial charge in [-0.05, 0) is 22.0 Å². The van der Waals surface area contributed by atoms with Crippen molar-refractivity contribution in [2.45, 2.75) is 19.8 Å². The summed E-state index contributed by atoms with van der Waals surface area (Å²) in [5, 5.41) is 7.15. The molecule has 0 saturated heterocycles. The first-order valence-electron chi connectivity index (χ1n) is 4.82. The highest BCUT2D eigenvalue weighted by Gasteiger charge is 2.11. The molecular weight excluding hydrogens is 256 g/mol. The van der Waals surface area contributed by atoms with Crippen molar-refractivity contribution in [2.24, 2.45) is 7.05 Å². The molecule has 2 rings (SSSR count). The van der Waals surface area contributed by atoms with Crippen molar-refractivity contribution in [2.75, 3.05) is 0 Å². The molecule has 0 aromatic carbocycles. The minimum Gasteiger partial charge on any atom is -0.347 e. The molecule has 0 fully saturated rings. The molecule has 0 aliphatic rings. The van der Waals surface area contributed by atoms with Crippen LogP contribution in [0.1, 0.15) is 25.6 Å². The number of aryl methyl sites for hydroxylation is 1. The second kappa shape index (κ2) is 3.81. The molecule has 0 atom stereocenters. The molecule has 4 nitrogen and oxygen atoms in total. The summed E-state index contributed by atoms with van der Waals surface area (Å²) in [4.78, 5) is 4.45. The zero-order valence-electron chi connectivity index (χ0n) is 8.95. The van der Waals surface area contributed by atoms with E-state index in [4.69, 9.17) is 0 Å². The molecule has 5 heteroatoms. The van der Waals surface area contributed by atoms with E-state index in [1.165, 1.54) is 0 Å². The van der Waals surface area contributed by atoms with Crippen LogP contribution in [-0.4, -0.2) is 19.7 Å². The number of hydrogen-bond donors (Lipinski definition) is 1. The number of nitrogens with zero attached hydrogens (tertiary/aromatic N) is 3. The van der Waals surface area contributed by atoms with Crippen LogP contribution < -0.4 is 0 Å². The second-order valence-corrected chi connectivity index (χ2v) is 4.77. The topological polar surface area (TPSA) is 46.5 Å². The van der Waals surface area contributed by atoms with Crippen molar-refractivity contribution in [3.63, 3.8) is 0 Å². The Morgan fingerprint density at radius 3 is 2.67 bits per heavy atom. The summed E-state index contributed by atoms with van der Waals surface area (Å²) in [5.74, 6) is 2.03. The molecule has 0 aliphatic heterocycles. The molecule has 15 heavy (non-hydrogen) atoms. The minimum atomic E-state index is 0.370. The number of hydrogen-bond acceptors (Lipinski definition) is 2. The largest absolute Gasteiger partial charge is 0.347 e. The predicted octanol–water partition coefficient (Wildman–Crippen LogP) is 2.70. The number of rotatable bonds is 2. The van der Waals surface area contributed by atoms with E-state index in [1.807, 2.05) is 23.9 Å². The summed E-state index contributed by atoms with van der Waals surface area (Å²) in [5.41, 5.74) is 1.00. The number of aromatic nitrogens is 4. The van der Waals surface area contributed by atoms with E-state index in [0.717, 1.165) is 21.8 Å². The van der Waals surface area contributed by atoms with Crippen LogP contribution in [0.15, 0.2) is 16.7 Å². The van der Waals surface area contributed by atoms with Crippen LogP contribution in [0.2, 0.25) is 0 Å². The lowest BCUT2D eigenvalue weighted by molar-refractivity contribution is 0.781. The highest BCUT2D eigenvalue weighted by Crippen LogP contribution is 2.22. The molecule has 0 radical (unpaired) electrons.